The third kappa shape index (κ3) is 4.96. The molecule has 3 heterocycles. The average molecular weight is 527 g/mol. The van der Waals surface area contributed by atoms with Crippen molar-refractivity contribution in [3.05, 3.63) is 47.1 Å². The lowest BCUT2D eigenvalue weighted by molar-refractivity contribution is -0.146. The molecular formula is C29H42N2O5Si. The Bertz CT molecular complexity index is 1120. The van der Waals surface area contributed by atoms with Gasteiger partial charge in [0.15, 0.2) is 13.9 Å². The molecule has 2 saturated heterocycles. The van der Waals surface area contributed by atoms with Crippen LogP contribution in [0, 0.1) is 5.92 Å². The number of anilines is 2. The fraction of sp³-hybridized carbons (Fsp3) is 0.586. The lowest BCUT2D eigenvalue weighted by Gasteiger charge is -2.33. The van der Waals surface area contributed by atoms with E-state index in [0.29, 0.717) is 25.9 Å². The molecule has 37 heavy (non-hydrogen) atoms. The molecule has 2 N–H and O–H groups in total. The van der Waals surface area contributed by atoms with Crippen LogP contribution in [0.3, 0.4) is 0 Å². The summed E-state index contributed by atoms with van der Waals surface area (Å²) in [5.74, 6) is -0.332. The van der Waals surface area contributed by atoms with Crippen molar-refractivity contribution < 1.29 is 24.2 Å². The summed E-state index contributed by atoms with van der Waals surface area (Å²) in [6, 6.07) is 5.78. The van der Waals surface area contributed by atoms with Gasteiger partial charge in [0.25, 0.3) is 5.91 Å². The van der Waals surface area contributed by atoms with Gasteiger partial charge in [-0.1, -0.05) is 30.2 Å². The topological polar surface area (TPSA) is 90.3 Å². The van der Waals surface area contributed by atoms with E-state index in [4.69, 9.17) is 4.74 Å². The number of amides is 2. The van der Waals surface area contributed by atoms with Crippen LogP contribution >= 0.6 is 0 Å². The van der Waals surface area contributed by atoms with Gasteiger partial charge in [-0.3, -0.25) is 9.59 Å². The summed E-state index contributed by atoms with van der Waals surface area (Å²) in [5.41, 5.74) is 3.38. The molecule has 3 aliphatic heterocycles. The molecule has 2 fully saturated rings. The summed E-state index contributed by atoms with van der Waals surface area (Å²) in [6.45, 7) is 13.1. The van der Waals surface area contributed by atoms with E-state index >= 15 is 0 Å². The minimum Gasteiger partial charge on any atom is -0.432 e. The van der Waals surface area contributed by atoms with Crippen molar-refractivity contribution in [2.75, 3.05) is 29.5 Å². The second-order valence-electron chi connectivity index (χ2n) is 11.7. The number of benzene rings is 1. The predicted molar refractivity (Wildman–Crippen MR) is 149 cm³/mol. The van der Waals surface area contributed by atoms with Crippen molar-refractivity contribution >= 4 is 31.5 Å². The van der Waals surface area contributed by atoms with Gasteiger partial charge in [0.05, 0.1) is 11.8 Å². The second-order valence-corrected chi connectivity index (χ2v) is 15.6. The molecule has 0 saturated carbocycles. The molecule has 0 aliphatic carbocycles. The molecular weight excluding hydrogens is 484 g/mol. The largest absolute Gasteiger partial charge is 0.432 e. The molecule has 0 radical (unpaired) electrons. The maximum atomic E-state index is 14.3. The van der Waals surface area contributed by atoms with E-state index in [1.54, 1.807) is 9.80 Å². The SMILES string of the molecule is CC(C)=CCC/C(C)=C/CN1C(=O)[C@@]2(O[C@@H](CCO)[C@H]([Si](C)(C)O)[C@H]2C)c2cc(N3CCC3=O)ccc21. The van der Waals surface area contributed by atoms with Gasteiger partial charge in [0.2, 0.25) is 5.91 Å². The van der Waals surface area contributed by atoms with Crippen molar-refractivity contribution in [2.45, 2.75) is 83.7 Å². The number of nitrogens with zero attached hydrogens (tertiary/aromatic N) is 2. The summed E-state index contributed by atoms with van der Waals surface area (Å²) in [5, 5.41) is 9.78. The van der Waals surface area contributed by atoms with Crippen LogP contribution in [0.15, 0.2) is 41.5 Å². The van der Waals surface area contributed by atoms with Crippen LogP contribution in [0.1, 0.15) is 58.9 Å². The molecule has 1 aromatic rings. The van der Waals surface area contributed by atoms with E-state index in [1.165, 1.54) is 11.1 Å². The first-order valence-electron chi connectivity index (χ1n) is 13.5. The highest BCUT2D eigenvalue weighted by Crippen LogP contribution is 2.60. The van der Waals surface area contributed by atoms with E-state index < -0.39 is 20.0 Å². The lowest BCUT2D eigenvalue weighted by atomic mass is 9.82. The Morgan fingerprint density at radius 3 is 2.51 bits per heavy atom. The zero-order chi connectivity index (χ0) is 27.1. The Morgan fingerprint density at radius 2 is 1.95 bits per heavy atom. The molecule has 4 atom stereocenters. The van der Waals surface area contributed by atoms with Crippen LogP contribution in [0.2, 0.25) is 18.6 Å². The van der Waals surface area contributed by atoms with Gasteiger partial charge in [0, 0.05) is 48.8 Å². The van der Waals surface area contributed by atoms with Gasteiger partial charge in [-0.25, -0.2) is 0 Å². The van der Waals surface area contributed by atoms with Crippen molar-refractivity contribution in [1.82, 2.24) is 0 Å². The highest BCUT2D eigenvalue weighted by Gasteiger charge is 2.66. The van der Waals surface area contributed by atoms with Crippen LogP contribution in [0.5, 0.6) is 0 Å². The van der Waals surface area contributed by atoms with E-state index in [1.807, 2.05) is 38.2 Å². The molecule has 4 rings (SSSR count). The zero-order valence-electron chi connectivity index (χ0n) is 23.1. The van der Waals surface area contributed by atoms with E-state index in [9.17, 15) is 19.5 Å². The molecule has 8 heteroatoms. The molecule has 2 amide bonds. The molecule has 1 spiro atoms. The molecule has 202 valence electrons. The van der Waals surface area contributed by atoms with Gasteiger partial charge in [-0.2, -0.15) is 0 Å². The van der Waals surface area contributed by atoms with Crippen LogP contribution in [-0.2, 0) is 19.9 Å². The number of hydrogen-bond donors (Lipinski definition) is 2. The Balaban J connectivity index is 1.75. The molecule has 1 aromatic carbocycles. The third-order valence-corrected chi connectivity index (χ3v) is 10.8. The Hall–Kier alpha value is -2.26. The Morgan fingerprint density at radius 1 is 1.22 bits per heavy atom. The van der Waals surface area contributed by atoms with Gasteiger partial charge < -0.3 is 24.4 Å². The summed E-state index contributed by atoms with van der Waals surface area (Å²) in [4.78, 5) is 41.3. The fourth-order valence-corrected chi connectivity index (χ4v) is 8.94. The van der Waals surface area contributed by atoms with Gasteiger partial charge in [0.1, 0.15) is 0 Å². The maximum Gasteiger partial charge on any atom is 0.264 e. The Labute approximate surface area is 221 Å². The highest BCUT2D eigenvalue weighted by atomic mass is 28.4. The molecule has 7 nitrogen and oxygen atoms in total. The summed E-state index contributed by atoms with van der Waals surface area (Å²) in [6.07, 6.45) is 6.70. The van der Waals surface area contributed by atoms with Crippen LogP contribution in [0.25, 0.3) is 0 Å². The molecule has 0 bridgehead atoms. The van der Waals surface area contributed by atoms with Crippen LogP contribution in [0.4, 0.5) is 11.4 Å². The second kappa shape index (κ2) is 10.5. The molecule has 0 aromatic heterocycles. The standard InChI is InChI=1S/C29H42N2O5Si/c1-19(2)8-7-9-20(3)12-15-31-24-11-10-22(30-16-13-26(30)33)18-23(24)29(28(31)34)21(4)27(37(5,6)35)25(36-29)14-17-32/h8,10-12,18,21,25,27,32,35H,7,9,13-17H2,1-6H3/b20-12+/t21-,25+,27-,29+/m1/s1. The fourth-order valence-electron chi connectivity index (χ4n) is 6.34. The molecule has 3 aliphatic rings. The number of hydrogen-bond acceptors (Lipinski definition) is 5. The quantitative estimate of drug-likeness (QED) is 0.278. The number of carbonyl (C=O) groups excluding carboxylic acids is 2. The molecule has 0 unspecified atom stereocenters. The van der Waals surface area contributed by atoms with Crippen molar-refractivity contribution in [2.24, 2.45) is 5.92 Å². The van der Waals surface area contributed by atoms with Crippen molar-refractivity contribution in [3.8, 4) is 0 Å². The van der Waals surface area contributed by atoms with Crippen LogP contribution < -0.4 is 9.80 Å². The smallest absolute Gasteiger partial charge is 0.264 e. The number of allylic oxidation sites excluding steroid dienone is 3. The van der Waals surface area contributed by atoms with Crippen molar-refractivity contribution in [3.63, 3.8) is 0 Å². The van der Waals surface area contributed by atoms with Gasteiger partial charge in [-0.05, 0) is 71.3 Å². The first-order chi connectivity index (χ1) is 17.4. The maximum absolute atomic E-state index is 14.3. The van der Waals surface area contributed by atoms with Crippen molar-refractivity contribution in [1.29, 1.82) is 0 Å². The number of aliphatic hydroxyl groups excluding tert-OH is 1. The predicted octanol–water partition coefficient (Wildman–Crippen LogP) is 4.64. The highest BCUT2D eigenvalue weighted by molar-refractivity contribution is 6.71. The monoisotopic (exact) mass is 526 g/mol. The number of rotatable bonds is 9. The first kappa shape index (κ1) is 27.8. The number of β-lactam (4-membered cyclic amide) rings is 1. The lowest BCUT2D eigenvalue weighted by Crippen LogP contribution is -2.46. The van der Waals surface area contributed by atoms with E-state index in [2.05, 4.69) is 32.9 Å². The minimum absolute atomic E-state index is 0.0743. The third-order valence-electron chi connectivity index (χ3n) is 8.26. The summed E-state index contributed by atoms with van der Waals surface area (Å²) < 4.78 is 6.67. The Kier molecular flexibility index (Phi) is 7.86. The minimum atomic E-state index is -2.75. The van der Waals surface area contributed by atoms with E-state index in [0.717, 1.165) is 29.8 Å². The number of fused-ring (bicyclic) bond motifs is 2. The summed E-state index contributed by atoms with van der Waals surface area (Å²) in [7, 11) is -2.75. The van der Waals surface area contributed by atoms with Gasteiger partial charge >= 0.3 is 0 Å². The van der Waals surface area contributed by atoms with Gasteiger partial charge in [-0.15, -0.1) is 0 Å². The summed E-state index contributed by atoms with van der Waals surface area (Å²) >= 11 is 0. The zero-order valence-corrected chi connectivity index (χ0v) is 24.1. The number of aliphatic hydroxyl groups is 1. The first-order valence-corrected chi connectivity index (χ1v) is 16.5. The van der Waals surface area contributed by atoms with Crippen LogP contribution in [-0.4, -0.2) is 55.8 Å². The van der Waals surface area contributed by atoms with E-state index in [-0.39, 0.29) is 29.9 Å². The number of ether oxygens (including phenoxy) is 1. The normalized spacial score (nSPS) is 27.7. The average Bonchev–Trinajstić information content (AvgIpc) is 3.23. The number of carbonyl (C=O) groups is 2.